The molecule has 0 spiro atoms. The van der Waals surface area contributed by atoms with Crippen LogP contribution in [0, 0.1) is 5.92 Å². The molecule has 0 radical (unpaired) electrons. The van der Waals surface area contributed by atoms with Crippen LogP contribution >= 0.6 is 0 Å². The third-order valence-electron chi connectivity index (χ3n) is 4.51. The SMILES string of the molecule is CCc1ccc(C(O)C(c2ccccc2)C(C)CC)cc1. The molecule has 2 rings (SSSR count). The number of rotatable bonds is 6. The van der Waals surface area contributed by atoms with Crippen LogP contribution in [0.4, 0.5) is 0 Å². The number of hydrogen-bond acceptors (Lipinski definition) is 1. The van der Waals surface area contributed by atoms with Crippen LogP contribution in [0.2, 0.25) is 0 Å². The van der Waals surface area contributed by atoms with Crippen molar-refractivity contribution >= 4 is 0 Å². The summed E-state index contributed by atoms with van der Waals surface area (Å²) in [6.07, 6.45) is 1.64. The average Bonchev–Trinajstić information content (AvgIpc) is 2.55. The van der Waals surface area contributed by atoms with Gasteiger partial charge in [0.25, 0.3) is 0 Å². The molecule has 3 atom stereocenters. The van der Waals surface area contributed by atoms with Gasteiger partial charge in [0.15, 0.2) is 0 Å². The van der Waals surface area contributed by atoms with Crippen LogP contribution in [-0.2, 0) is 6.42 Å². The van der Waals surface area contributed by atoms with Crippen LogP contribution in [0.1, 0.15) is 55.9 Å². The number of hydrogen-bond donors (Lipinski definition) is 1. The maximum absolute atomic E-state index is 10.9. The molecule has 0 saturated carbocycles. The highest BCUT2D eigenvalue weighted by Crippen LogP contribution is 2.38. The van der Waals surface area contributed by atoms with Gasteiger partial charge in [-0.1, -0.05) is 81.8 Å². The zero-order chi connectivity index (χ0) is 15.2. The predicted molar refractivity (Wildman–Crippen MR) is 89.4 cm³/mol. The summed E-state index contributed by atoms with van der Waals surface area (Å²) in [5.41, 5.74) is 3.55. The van der Waals surface area contributed by atoms with Crippen LogP contribution in [0.15, 0.2) is 54.6 Å². The Morgan fingerprint density at radius 2 is 1.48 bits per heavy atom. The van der Waals surface area contributed by atoms with E-state index >= 15 is 0 Å². The average molecular weight is 282 g/mol. The van der Waals surface area contributed by atoms with Crippen LogP contribution in [0.5, 0.6) is 0 Å². The summed E-state index contributed by atoms with van der Waals surface area (Å²) in [7, 11) is 0. The molecule has 2 aromatic rings. The summed E-state index contributed by atoms with van der Waals surface area (Å²) < 4.78 is 0. The van der Waals surface area contributed by atoms with Gasteiger partial charge >= 0.3 is 0 Å². The van der Waals surface area contributed by atoms with Gasteiger partial charge in [-0.2, -0.15) is 0 Å². The van der Waals surface area contributed by atoms with Gasteiger partial charge in [0.05, 0.1) is 6.10 Å². The number of aliphatic hydroxyl groups is 1. The summed E-state index contributed by atoms with van der Waals surface area (Å²) in [6.45, 7) is 6.56. The van der Waals surface area contributed by atoms with Crippen molar-refractivity contribution in [2.45, 2.75) is 45.6 Å². The van der Waals surface area contributed by atoms with Gasteiger partial charge in [-0.15, -0.1) is 0 Å². The van der Waals surface area contributed by atoms with E-state index in [4.69, 9.17) is 0 Å². The summed E-state index contributed by atoms with van der Waals surface area (Å²) in [5, 5.41) is 10.9. The van der Waals surface area contributed by atoms with Crippen molar-refractivity contribution in [1.82, 2.24) is 0 Å². The minimum Gasteiger partial charge on any atom is -0.388 e. The maximum Gasteiger partial charge on any atom is 0.0861 e. The number of benzene rings is 2. The largest absolute Gasteiger partial charge is 0.388 e. The molecular weight excluding hydrogens is 256 g/mol. The standard InChI is InChI=1S/C20H26O/c1-4-15(3)19(17-9-7-6-8-10-17)20(21)18-13-11-16(5-2)12-14-18/h6-15,19-21H,4-5H2,1-3H3. The van der Waals surface area contributed by atoms with E-state index in [-0.39, 0.29) is 5.92 Å². The van der Waals surface area contributed by atoms with E-state index in [1.54, 1.807) is 0 Å². The molecule has 21 heavy (non-hydrogen) atoms. The van der Waals surface area contributed by atoms with Gasteiger partial charge < -0.3 is 5.11 Å². The fraction of sp³-hybridized carbons (Fsp3) is 0.400. The molecule has 0 aliphatic carbocycles. The lowest BCUT2D eigenvalue weighted by atomic mass is 9.79. The molecule has 1 nitrogen and oxygen atoms in total. The lowest BCUT2D eigenvalue weighted by molar-refractivity contribution is 0.118. The van der Waals surface area contributed by atoms with Gasteiger partial charge in [-0.3, -0.25) is 0 Å². The van der Waals surface area contributed by atoms with Crippen molar-refractivity contribution in [3.8, 4) is 0 Å². The number of aliphatic hydroxyl groups excluding tert-OH is 1. The molecule has 0 aliphatic rings. The Balaban J connectivity index is 2.31. The zero-order valence-electron chi connectivity index (χ0n) is 13.3. The van der Waals surface area contributed by atoms with E-state index in [1.165, 1.54) is 11.1 Å². The Morgan fingerprint density at radius 3 is 2.00 bits per heavy atom. The first-order chi connectivity index (χ1) is 10.2. The van der Waals surface area contributed by atoms with Crippen LogP contribution in [-0.4, -0.2) is 5.11 Å². The Kier molecular flexibility index (Phi) is 5.58. The fourth-order valence-corrected chi connectivity index (χ4v) is 2.91. The first-order valence-corrected chi connectivity index (χ1v) is 7.99. The zero-order valence-corrected chi connectivity index (χ0v) is 13.3. The molecule has 3 unspecified atom stereocenters. The Bertz CT molecular complexity index is 530. The third-order valence-corrected chi connectivity index (χ3v) is 4.51. The molecule has 0 fully saturated rings. The maximum atomic E-state index is 10.9. The molecule has 1 heteroatoms. The lowest BCUT2D eigenvalue weighted by Gasteiger charge is -2.29. The lowest BCUT2D eigenvalue weighted by Crippen LogP contribution is -2.18. The van der Waals surface area contributed by atoms with Gasteiger partial charge in [-0.05, 0) is 29.0 Å². The molecule has 0 heterocycles. The van der Waals surface area contributed by atoms with Crippen LogP contribution in [0.3, 0.4) is 0 Å². The molecule has 2 aromatic carbocycles. The van der Waals surface area contributed by atoms with E-state index in [0.29, 0.717) is 5.92 Å². The molecule has 0 saturated heterocycles. The van der Waals surface area contributed by atoms with E-state index in [1.807, 2.05) is 6.07 Å². The van der Waals surface area contributed by atoms with Gasteiger partial charge in [0, 0.05) is 5.92 Å². The topological polar surface area (TPSA) is 20.2 Å². The monoisotopic (exact) mass is 282 g/mol. The van der Waals surface area contributed by atoms with Crippen molar-refractivity contribution < 1.29 is 5.11 Å². The molecular formula is C20H26O. The second-order valence-electron chi connectivity index (χ2n) is 5.86. The van der Waals surface area contributed by atoms with E-state index in [2.05, 4.69) is 69.3 Å². The minimum absolute atomic E-state index is 0.142. The molecule has 112 valence electrons. The van der Waals surface area contributed by atoms with Crippen molar-refractivity contribution in [2.24, 2.45) is 5.92 Å². The van der Waals surface area contributed by atoms with Crippen molar-refractivity contribution in [2.75, 3.05) is 0 Å². The smallest absolute Gasteiger partial charge is 0.0861 e. The normalized spacial score (nSPS) is 15.4. The third kappa shape index (κ3) is 3.74. The summed E-state index contributed by atoms with van der Waals surface area (Å²) in [6, 6.07) is 18.8. The highest BCUT2D eigenvalue weighted by molar-refractivity contribution is 5.29. The Hall–Kier alpha value is -1.60. The van der Waals surface area contributed by atoms with Crippen molar-refractivity contribution in [1.29, 1.82) is 0 Å². The molecule has 0 aliphatic heterocycles. The first-order valence-electron chi connectivity index (χ1n) is 7.99. The van der Waals surface area contributed by atoms with Crippen molar-refractivity contribution in [3.05, 3.63) is 71.3 Å². The van der Waals surface area contributed by atoms with Gasteiger partial charge in [0.1, 0.15) is 0 Å². The summed E-state index contributed by atoms with van der Waals surface area (Å²) >= 11 is 0. The predicted octanol–water partition coefficient (Wildman–Crippen LogP) is 5.11. The second kappa shape index (κ2) is 7.42. The van der Waals surface area contributed by atoms with E-state index < -0.39 is 6.10 Å². The quantitative estimate of drug-likeness (QED) is 0.780. The number of aryl methyl sites for hydroxylation is 1. The second-order valence-corrected chi connectivity index (χ2v) is 5.86. The Morgan fingerprint density at radius 1 is 0.857 bits per heavy atom. The summed E-state index contributed by atoms with van der Waals surface area (Å²) in [5.74, 6) is 0.580. The first kappa shape index (κ1) is 15.8. The molecule has 0 aromatic heterocycles. The minimum atomic E-state index is -0.451. The van der Waals surface area contributed by atoms with E-state index in [9.17, 15) is 5.11 Å². The fourth-order valence-electron chi connectivity index (χ4n) is 2.91. The van der Waals surface area contributed by atoms with Gasteiger partial charge in [0.2, 0.25) is 0 Å². The molecule has 1 N–H and O–H groups in total. The van der Waals surface area contributed by atoms with Crippen molar-refractivity contribution in [3.63, 3.8) is 0 Å². The highest BCUT2D eigenvalue weighted by atomic mass is 16.3. The van der Waals surface area contributed by atoms with Gasteiger partial charge in [-0.25, -0.2) is 0 Å². The summed E-state index contributed by atoms with van der Waals surface area (Å²) in [4.78, 5) is 0. The Labute approximate surface area is 128 Å². The van der Waals surface area contributed by atoms with Crippen LogP contribution in [0.25, 0.3) is 0 Å². The van der Waals surface area contributed by atoms with Crippen LogP contribution < -0.4 is 0 Å². The highest BCUT2D eigenvalue weighted by Gasteiger charge is 2.27. The molecule has 0 bridgehead atoms. The molecule has 0 amide bonds. The van der Waals surface area contributed by atoms with E-state index in [0.717, 1.165) is 18.4 Å².